The van der Waals surface area contributed by atoms with Gasteiger partial charge in [-0.2, -0.15) is 26.3 Å². The average Bonchev–Trinajstić information content (AvgIpc) is 3.42. The summed E-state index contributed by atoms with van der Waals surface area (Å²) in [5.74, 6) is -11.3. The second kappa shape index (κ2) is 11.7. The van der Waals surface area contributed by atoms with E-state index in [-0.39, 0.29) is 52.1 Å². The molecule has 7 rings (SSSR count). The predicted octanol–water partition coefficient (Wildman–Crippen LogP) is 7.35. The maximum absolute atomic E-state index is 14.5. The van der Waals surface area contributed by atoms with Gasteiger partial charge in [-0.25, -0.2) is 14.2 Å². The molecule has 3 fully saturated rings. The molecule has 4 amide bonds. The van der Waals surface area contributed by atoms with Crippen molar-refractivity contribution in [1.29, 1.82) is 0 Å². The summed E-state index contributed by atoms with van der Waals surface area (Å²) in [6.45, 7) is 0. The maximum Gasteiger partial charge on any atom is 0.416 e. The predicted molar refractivity (Wildman–Crippen MR) is 170 cm³/mol. The molecular formula is C35H23Cl2F7N2O6. The van der Waals surface area contributed by atoms with Crippen molar-refractivity contribution in [2.24, 2.45) is 17.8 Å². The summed E-state index contributed by atoms with van der Waals surface area (Å²) in [6.07, 6.45) is -10.0. The number of carbonyl (C=O) groups is 4. The molecule has 6 unspecified atom stereocenters. The molecule has 17 heteroatoms. The van der Waals surface area contributed by atoms with Crippen molar-refractivity contribution in [2.45, 2.75) is 40.9 Å². The number of methoxy groups -OCH3 is 1. The summed E-state index contributed by atoms with van der Waals surface area (Å²) < 4.78 is 102. The van der Waals surface area contributed by atoms with E-state index < -0.39 is 104 Å². The molecule has 1 saturated carbocycles. The highest BCUT2D eigenvalue weighted by molar-refractivity contribution is 6.58. The number of allylic oxidation sites excluding steroid dienone is 2. The lowest BCUT2D eigenvalue weighted by molar-refractivity contribution is -0.143. The number of benzene rings is 3. The number of amides is 4. The fourth-order valence-electron chi connectivity index (χ4n) is 8.04. The van der Waals surface area contributed by atoms with Crippen LogP contribution in [0.2, 0.25) is 0 Å². The number of hydrogen-bond donors (Lipinski definition) is 1. The van der Waals surface area contributed by atoms with Crippen molar-refractivity contribution in [2.75, 3.05) is 16.9 Å². The van der Waals surface area contributed by atoms with Crippen LogP contribution in [-0.4, -0.2) is 45.6 Å². The Kier molecular flexibility index (Phi) is 8.04. The third-order valence-corrected chi connectivity index (χ3v) is 11.7. The number of rotatable bonds is 4. The molecule has 2 aliphatic carbocycles. The number of alkyl halides is 8. The van der Waals surface area contributed by atoms with E-state index in [2.05, 4.69) is 0 Å². The summed E-state index contributed by atoms with van der Waals surface area (Å²) in [5.41, 5.74) is -4.56. The molecule has 2 aliphatic heterocycles. The van der Waals surface area contributed by atoms with Crippen LogP contribution < -0.4 is 14.5 Å². The van der Waals surface area contributed by atoms with E-state index in [9.17, 15) is 55.0 Å². The van der Waals surface area contributed by atoms with Crippen LogP contribution in [0.4, 0.5) is 42.1 Å². The molecule has 0 bridgehead atoms. The first-order valence-electron chi connectivity index (χ1n) is 15.5. The molecule has 0 aromatic heterocycles. The standard InChI is InChI=1S/C35H23Cl2F7N2O6/c1-52-24-4-2-3-23(47)26(24)27-20-9-10-21-25(29(49)45(28(21)48)19-12-15(34(39,40)41)11-16(13-19)35(42,43)44)22(20)14-32(36)30(50)46(31(51)33(27,32)37)18-7-5-17(38)6-8-18/h2-9,11-13,21-22,25,27,47H,10,14H2,1H3. The SMILES string of the molecule is COc1cccc(O)c1C1C2=CCC3C(=O)N(c4cc(C(F)(F)F)cc(C(F)(F)F)c4)C(=O)C3C2CC2(Cl)C(=O)N(c3ccc(F)cc3)C(=O)C12Cl. The van der Waals surface area contributed by atoms with Crippen molar-refractivity contribution >= 4 is 58.2 Å². The third-order valence-electron chi connectivity index (χ3n) is 10.3. The Balaban J connectivity index is 1.41. The number of phenolic OH excluding ortho intramolecular Hbond substituents is 1. The first kappa shape index (κ1) is 35.8. The summed E-state index contributed by atoms with van der Waals surface area (Å²) in [7, 11) is 1.24. The number of phenols is 1. The van der Waals surface area contributed by atoms with E-state index in [1.54, 1.807) is 0 Å². The number of anilines is 2. The van der Waals surface area contributed by atoms with Crippen LogP contribution in [-0.2, 0) is 31.5 Å². The molecular weight excluding hydrogens is 748 g/mol. The van der Waals surface area contributed by atoms with Gasteiger partial charge in [0, 0.05) is 11.5 Å². The first-order valence-corrected chi connectivity index (χ1v) is 16.3. The largest absolute Gasteiger partial charge is 0.508 e. The number of fused-ring (bicyclic) bond motifs is 4. The fraction of sp³-hybridized carbons (Fsp3) is 0.314. The number of imide groups is 2. The van der Waals surface area contributed by atoms with Crippen LogP contribution >= 0.6 is 23.2 Å². The Morgan fingerprint density at radius 1 is 0.808 bits per heavy atom. The summed E-state index contributed by atoms with van der Waals surface area (Å²) >= 11 is 14.5. The van der Waals surface area contributed by atoms with Gasteiger partial charge in [-0.3, -0.25) is 19.2 Å². The minimum Gasteiger partial charge on any atom is -0.508 e. The number of ether oxygens (including phenoxy) is 1. The first-order chi connectivity index (χ1) is 24.3. The highest BCUT2D eigenvalue weighted by Crippen LogP contribution is 2.67. The summed E-state index contributed by atoms with van der Waals surface area (Å²) in [6, 6.07) is 8.66. The van der Waals surface area contributed by atoms with Gasteiger partial charge in [-0.15, -0.1) is 23.2 Å². The summed E-state index contributed by atoms with van der Waals surface area (Å²) in [4.78, 5) is 52.9. The Morgan fingerprint density at radius 2 is 1.42 bits per heavy atom. The minimum atomic E-state index is -5.28. The highest BCUT2D eigenvalue weighted by Gasteiger charge is 2.77. The van der Waals surface area contributed by atoms with Crippen LogP contribution in [0.25, 0.3) is 0 Å². The zero-order valence-electron chi connectivity index (χ0n) is 26.4. The van der Waals surface area contributed by atoms with Gasteiger partial charge in [0.25, 0.3) is 11.8 Å². The number of hydrogen-bond acceptors (Lipinski definition) is 6. The van der Waals surface area contributed by atoms with Gasteiger partial charge in [-0.1, -0.05) is 17.7 Å². The molecule has 272 valence electrons. The Morgan fingerprint density at radius 3 is 2.00 bits per heavy atom. The van der Waals surface area contributed by atoms with Crippen LogP contribution in [0.15, 0.2) is 72.3 Å². The molecule has 1 N–H and O–H groups in total. The highest BCUT2D eigenvalue weighted by atomic mass is 35.5. The normalized spacial score (nSPS) is 28.8. The Hall–Kier alpha value is -4.63. The molecule has 6 atom stereocenters. The second-order valence-corrected chi connectivity index (χ2v) is 14.2. The Labute approximate surface area is 299 Å². The summed E-state index contributed by atoms with van der Waals surface area (Å²) in [5, 5.41) is 11.2. The molecule has 0 spiro atoms. The van der Waals surface area contributed by atoms with Gasteiger partial charge < -0.3 is 9.84 Å². The molecule has 0 radical (unpaired) electrons. The minimum absolute atomic E-state index is 0.0210. The maximum atomic E-state index is 14.5. The molecule has 2 saturated heterocycles. The second-order valence-electron chi connectivity index (χ2n) is 12.9. The smallest absolute Gasteiger partial charge is 0.416 e. The van der Waals surface area contributed by atoms with Crippen LogP contribution in [0.1, 0.15) is 35.4 Å². The van der Waals surface area contributed by atoms with Gasteiger partial charge in [-0.05, 0) is 73.4 Å². The van der Waals surface area contributed by atoms with Gasteiger partial charge in [0.2, 0.25) is 11.8 Å². The number of halogens is 9. The van der Waals surface area contributed by atoms with Gasteiger partial charge >= 0.3 is 12.4 Å². The Bertz CT molecular complexity index is 2070. The number of nitrogens with zero attached hydrogens (tertiary/aromatic N) is 2. The molecule has 52 heavy (non-hydrogen) atoms. The third kappa shape index (κ3) is 4.95. The van der Waals surface area contributed by atoms with E-state index in [0.717, 1.165) is 24.3 Å². The lowest BCUT2D eigenvalue weighted by atomic mass is 9.56. The van der Waals surface area contributed by atoms with E-state index in [1.807, 2.05) is 0 Å². The van der Waals surface area contributed by atoms with Crippen molar-refractivity contribution in [1.82, 2.24) is 0 Å². The molecule has 3 aromatic carbocycles. The zero-order chi connectivity index (χ0) is 37.9. The van der Waals surface area contributed by atoms with Crippen LogP contribution in [0, 0.1) is 23.6 Å². The molecule has 8 nitrogen and oxygen atoms in total. The quantitative estimate of drug-likeness (QED) is 0.129. The average molecular weight is 771 g/mol. The van der Waals surface area contributed by atoms with Crippen LogP contribution in [0.3, 0.4) is 0 Å². The van der Waals surface area contributed by atoms with Gasteiger partial charge in [0.15, 0.2) is 9.75 Å². The van der Waals surface area contributed by atoms with Crippen molar-refractivity contribution < 1.29 is 59.8 Å². The van der Waals surface area contributed by atoms with Crippen LogP contribution in [0.5, 0.6) is 11.5 Å². The fourth-order valence-corrected chi connectivity index (χ4v) is 8.96. The van der Waals surface area contributed by atoms with Crippen molar-refractivity contribution in [3.8, 4) is 11.5 Å². The number of aromatic hydroxyl groups is 1. The lowest BCUT2D eigenvalue weighted by Gasteiger charge is -2.50. The van der Waals surface area contributed by atoms with E-state index in [0.29, 0.717) is 4.90 Å². The van der Waals surface area contributed by atoms with Gasteiger partial charge in [0.05, 0.1) is 41.4 Å². The molecule has 2 heterocycles. The van der Waals surface area contributed by atoms with E-state index in [4.69, 9.17) is 27.9 Å². The lowest BCUT2D eigenvalue weighted by Crippen LogP contribution is -2.60. The molecule has 4 aliphatic rings. The van der Waals surface area contributed by atoms with Gasteiger partial charge in [0.1, 0.15) is 17.3 Å². The van der Waals surface area contributed by atoms with Crippen molar-refractivity contribution in [3.63, 3.8) is 0 Å². The monoisotopic (exact) mass is 770 g/mol. The topological polar surface area (TPSA) is 104 Å². The number of carbonyl (C=O) groups excluding carboxylic acids is 4. The molecule has 3 aromatic rings. The van der Waals surface area contributed by atoms with Crippen molar-refractivity contribution in [3.05, 3.63) is 94.8 Å². The zero-order valence-corrected chi connectivity index (χ0v) is 27.9. The van der Waals surface area contributed by atoms with E-state index in [1.165, 1.54) is 31.4 Å². The van der Waals surface area contributed by atoms with E-state index >= 15 is 0 Å².